The summed E-state index contributed by atoms with van der Waals surface area (Å²) in [4.78, 5) is 26.6. The van der Waals surface area contributed by atoms with Gasteiger partial charge in [-0.05, 0) is 5.56 Å². The smallest absolute Gasteiger partial charge is 0.244 e. The minimum Gasteiger partial charge on any atom is -0.403 e. The maximum absolute atomic E-state index is 12.1. The maximum Gasteiger partial charge on any atom is 0.244 e. The number of amides is 1. The largest absolute Gasteiger partial charge is 0.403 e. The highest BCUT2D eigenvalue weighted by Crippen LogP contribution is 2.20. The van der Waals surface area contributed by atoms with Crippen molar-refractivity contribution in [1.29, 1.82) is 0 Å². The fourth-order valence-electron chi connectivity index (χ4n) is 2.71. The molecule has 1 amide bonds. The number of nitrogens with two attached hydrogens (primary N) is 1. The zero-order chi connectivity index (χ0) is 21.2. The van der Waals surface area contributed by atoms with Gasteiger partial charge < -0.3 is 26.0 Å². The lowest BCUT2D eigenvalue weighted by Gasteiger charge is -2.26. The summed E-state index contributed by atoms with van der Waals surface area (Å²) in [7, 11) is 0. The summed E-state index contributed by atoms with van der Waals surface area (Å²) in [6.45, 7) is 2.89. The Balaban J connectivity index is 1.56. The number of carbonyl (C=O) groups excluding carboxylic acids is 1. The van der Waals surface area contributed by atoms with Gasteiger partial charge in [0.1, 0.15) is 11.6 Å². The van der Waals surface area contributed by atoms with E-state index >= 15 is 0 Å². The zero-order valence-electron chi connectivity index (χ0n) is 16.4. The molecule has 1 saturated heterocycles. The monoisotopic (exact) mass is 429 g/mol. The lowest BCUT2D eigenvalue weighted by atomic mass is 10.2. The third-order valence-electron chi connectivity index (χ3n) is 4.30. The third kappa shape index (κ3) is 6.43. The normalized spacial score (nSPS) is 14.7. The van der Waals surface area contributed by atoms with Gasteiger partial charge in [0, 0.05) is 32.0 Å². The molecule has 1 aromatic carbocycles. The Bertz CT molecular complexity index is 899. The van der Waals surface area contributed by atoms with Gasteiger partial charge in [-0.15, -0.1) is 0 Å². The number of rotatable bonds is 8. The number of nitrogens with one attached hydrogen (secondary N) is 2. The third-order valence-corrected chi connectivity index (χ3v) is 4.58. The second-order valence-corrected chi connectivity index (χ2v) is 6.85. The van der Waals surface area contributed by atoms with Crippen LogP contribution in [0.3, 0.4) is 0 Å². The Morgan fingerprint density at radius 1 is 1.30 bits per heavy atom. The first-order valence-electron chi connectivity index (χ1n) is 9.50. The molecule has 30 heavy (non-hydrogen) atoms. The van der Waals surface area contributed by atoms with Crippen molar-refractivity contribution in [3.8, 4) is 0 Å². The molecule has 10 heteroatoms. The summed E-state index contributed by atoms with van der Waals surface area (Å²) in [5.41, 5.74) is 7.22. The first-order valence-corrected chi connectivity index (χ1v) is 9.88. The Morgan fingerprint density at radius 2 is 2.07 bits per heavy atom. The summed E-state index contributed by atoms with van der Waals surface area (Å²) < 4.78 is 5.24. The molecule has 0 spiro atoms. The van der Waals surface area contributed by atoms with Crippen molar-refractivity contribution >= 4 is 35.5 Å². The molecule has 3 rings (SSSR count). The van der Waals surface area contributed by atoms with Crippen molar-refractivity contribution in [2.24, 2.45) is 10.7 Å². The Hall–Kier alpha value is -3.17. The number of aromatic nitrogens is 2. The first kappa shape index (κ1) is 21.5. The maximum atomic E-state index is 12.1. The molecule has 9 nitrogen and oxygen atoms in total. The molecule has 0 saturated carbocycles. The van der Waals surface area contributed by atoms with Crippen LogP contribution in [0.5, 0.6) is 0 Å². The molecule has 2 aromatic rings. The van der Waals surface area contributed by atoms with Gasteiger partial charge in [-0.1, -0.05) is 41.9 Å². The number of hydrogen-bond donors (Lipinski definition) is 3. The lowest BCUT2D eigenvalue weighted by molar-refractivity contribution is -0.133. The van der Waals surface area contributed by atoms with E-state index in [0.717, 1.165) is 5.56 Å². The predicted molar refractivity (Wildman–Crippen MR) is 117 cm³/mol. The number of morpholine rings is 1. The van der Waals surface area contributed by atoms with Crippen molar-refractivity contribution in [2.75, 3.05) is 43.5 Å². The van der Waals surface area contributed by atoms with E-state index in [2.05, 4.69) is 25.6 Å². The molecule has 1 aliphatic heterocycles. The van der Waals surface area contributed by atoms with Crippen LogP contribution in [0.15, 0.2) is 53.4 Å². The van der Waals surface area contributed by atoms with E-state index in [0.29, 0.717) is 55.3 Å². The summed E-state index contributed by atoms with van der Waals surface area (Å²) in [5, 5.41) is 6.56. The van der Waals surface area contributed by atoms with E-state index in [1.165, 1.54) is 18.6 Å². The molecule has 1 aliphatic rings. The van der Waals surface area contributed by atoms with Gasteiger partial charge in [-0.3, -0.25) is 9.79 Å². The van der Waals surface area contributed by atoms with Gasteiger partial charge in [0.2, 0.25) is 11.9 Å². The Morgan fingerprint density at radius 3 is 2.80 bits per heavy atom. The van der Waals surface area contributed by atoms with E-state index in [-0.39, 0.29) is 12.5 Å². The van der Waals surface area contributed by atoms with Gasteiger partial charge in [0.05, 0.1) is 25.1 Å². The van der Waals surface area contributed by atoms with Crippen molar-refractivity contribution in [1.82, 2.24) is 14.9 Å². The summed E-state index contributed by atoms with van der Waals surface area (Å²) in [6.07, 6.45) is 4.31. The second-order valence-electron chi connectivity index (χ2n) is 6.44. The van der Waals surface area contributed by atoms with Crippen LogP contribution < -0.4 is 16.4 Å². The van der Waals surface area contributed by atoms with Gasteiger partial charge in [-0.25, -0.2) is 4.98 Å². The number of hydrogen-bond acceptors (Lipinski definition) is 8. The number of anilines is 2. The highest BCUT2D eigenvalue weighted by Gasteiger charge is 2.15. The van der Waals surface area contributed by atoms with Crippen molar-refractivity contribution < 1.29 is 9.53 Å². The molecular formula is C20H24ClN7O2. The number of ether oxygens (including phenoxy) is 1. The molecule has 1 aromatic heterocycles. The molecule has 0 unspecified atom stereocenters. The van der Waals surface area contributed by atoms with Gasteiger partial charge in [0.25, 0.3) is 0 Å². The zero-order valence-corrected chi connectivity index (χ0v) is 17.2. The fourth-order valence-corrected chi connectivity index (χ4v) is 2.87. The molecule has 0 radical (unpaired) electrons. The highest BCUT2D eigenvalue weighted by atomic mass is 35.5. The molecule has 4 N–H and O–H groups in total. The summed E-state index contributed by atoms with van der Waals surface area (Å²) in [6, 6.07) is 9.90. The van der Waals surface area contributed by atoms with Crippen LogP contribution in [0.2, 0.25) is 5.02 Å². The minimum absolute atomic E-state index is 0.0321. The molecule has 2 heterocycles. The number of aliphatic imine (C=N–C) groups is 1. The molecule has 0 aliphatic carbocycles. The van der Waals surface area contributed by atoms with E-state index in [1.54, 1.807) is 4.90 Å². The quantitative estimate of drug-likeness (QED) is 0.548. The molecule has 1 fully saturated rings. The Labute approximate surface area is 180 Å². The Kier molecular flexibility index (Phi) is 7.99. The molecule has 0 bridgehead atoms. The van der Waals surface area contributed by atoms with E-state index < -0.39 is 0 Å². The van der Waals surface area contributed by atoms with E-state index in [4.69, 9.17) is 22.1 Å². The van der Waals surface area contributed by atoms with Crippen LogP contribution >= 0.6 is 11.6 Å². The van der Waals surface area contributed by atoms with Gasteiger partial charge in [-0.2, -0.15) is 4.98 Å². The van der Waals surface area contributed by atoms with Gasteiger partial charge >= 0.3 is 0 Å². The van der Waals surface area contributed by atoms with Crippen molar-refractivity contribution in [3.05, 3.63) is 59.0 Å². The van der Waals surface area contributed by atoms with E-state index in [1.807, 2.05) is 30.3 Å². The van der Waals surface area contributed by atoms with Crippen LogP contribution in [0.1, 0.15) is 5.56 Å². The number of allylic oxidation sites excluding steroid dienone is 1. The average Bonchev–Trinajstić information content (AvgIpc) is 2.79. The summed E-state index contributed by atoms with van der Waals surface area (Å²) >= 11 is 6.19. The number of halogens is 1. The number of carbonyl (C=O) groups is 1. The number of nitrogens with zero attached hydrogens (tertiary/aromatic N) is 4. The van der Waals surface area contributed by atoms with Crippen LogP contribution in [-0.4, -0.2) is 59.8 Å². The van der Waals surface area contributed by atoms with E-state index in [9.17, 15) is 4.79 Å². The number of benzene rings is 1. The van der Waals surface area contributed by atoms with Crippen LogP contribution in [-0.2, 0) is 16.1 Å². The summed E-state index contributed by atoms with van der Waals surface area (Å²) in [5.74, 6) is 0.743. The first-order chi connectivity index (χ1) is 14.7. The highest BCUT2D eigenvalue weighted by molar-refractivity contribution is 6.32. The fraction of sp³-hybridized carbons (Fsp3) is 0.300. The van der Waals surface area contributed by atoms with Crippen LogP contribution in [0.4, 0.5) is 11.8 Å². The predicted octanol–water partition coefficient (Wildman–Crippen LogP) is 1.88. The van der Waals surface area contributed by atoms with Crippen molar-refractivity contribution in [3.63, 3.8) is 0 Å². The average molecular weight is 430 g/mol. The van der Waals surface area contributed by atoms with Crippen LogP contribution in [0.25, 0.3) is 0 Å². The minimum atomic E-state index is -0.0546. The standard InChI is InChI=1S/C20H24ClN7O2/c21-17-13-25-20(27-19(17)24-11-15-4-2-1-3-5-15)26-16(10-22)12-23-14-18(29)28-6-8-30-9-7-28/h1-5,10,12-13H,6-9,11,14,22H2,(H2,24,25,26,27). The van der Waals surface area contributed by atoms with Crippen LogP contribution in [0, 0.1) is 0 Å². The second kappa shape index (κ2) is 11.1. The van der Waals surface area contributed by atoms with Gasteiger partial charge in [0.15, 0.2) is 5.82 Å². The lowest BCUT2D eigenvalue weighted by Crippen LogP contribution is -2.41. The topological polar surface area (TPSA) is 118 Å². The molecule has 0 atom stereocenters. The SMILES string of the molecule is NC=C(C=NCC(=O)N1CCOCC1)Nc1ncc(Cl)c(NCc2ccccc2)n1. The molecule has 158 valence electrons. The molecular weight excluding hydrogens is 406 g/mol. The van der Waals surface area contributed by atoms with Crippen molar-refractivity contribution in [2.45, 2.75) is 6.54 Å².